The Labute approximate surface area is 291 Å². The number of fused-ring (bicyclic) bond motifs is 3. The topological polar surface area (TPSA) is 102 Å². The van der Waals surface area contributed by atoms with Gasteiger partial charge in [-0.3, -0.25) is 14.3 Å². The van der Waals surface area contributed by atoms with Crippen LogP contribution >= 0.6 is 23.1 Å². The van der Waals surface area contributed by atoms with Crippen LogP contribution in [0.1, 0.15) is 63.0 Å². The maximum Gasteiger partial charge on any atom is 0.435 e. The number of amides is 2. The maximum atomic E-state index is 15.7. The number of thioether (sulfide) groups is 1. The summed E-state index contributed by atoms with van der Waals surface area (Å²) >= 11 is 2.72. The zero-order chi connectivity index (χ0) is 35.8. The molecule has 0 radical (unpaired) electrons. The average molecular weight is 745 g/mol. The Hall–Kier alpha value is -4.51. The molecular formula is C34H23F7N6O2S2. The Kier molecular flexibility index (Phi) is 6.69. The molecule has 2 fully saturated rings. The van der Waals surface area contributed by atoms with Gasteiger partial charge < -0.3 is 10.6 Å². The Morgan fingerprint density at radius 3 is 2.53 bits per heavy atom. The van der Waals surface area contributed by atoms with Gasteiger partial charge in [-0.1, -0.05) is 23.9 Å². The van der Waals surface area contributed by atoms with Crippen LogP contribution in [0.25, 0.3) is 21.5 Å². The lowest BCUT2D eigenvalue weighted by Crippen LogP contribution is -2.35. The van der Waals surface area contributed by atoms with E-state index in [1.807, 2.05) is 6.26 Å². The molecule has 0 saturated heterocycles. The second kappa shape index (κ2) is 10.5. The van der Waals surface area contributed by atoms with Gasteiger partial charge in [0.05, 0.1) is 21.9 Å². The fraction of sp³-hybridized carbons (Fsp3) is 0.324. The summed E-state index contributed by atoms with van der Waals surface area (Å²) < 4.78 is 104. The molecule has 3 aliphatic carbocycles. The van der Waals surface area contributed by atoms with Crippen molar-refractivity contribution in [1.29, 1.82) is 0 Å². The molecule has 262 valence electrons. The van der Waals surface area contributed by atoms with Crippen LogP contribution in [0.5, 0.6) is 0 Å². The van der Waals surface area contributed by atoms with Crippen molar-refractivity contribution in [1.82, 2.24) is 30.4 Å². The van der Waals surface area contributed by atoms with E-state index in [0.717, 1.165) is 17.7 Å². The van der Waals surface area contributed by atoms with Gasteiger partial charge in [0.15, 0.2) is 15.7 Å². The molecule has 5 aromatic rings. The van der Waals surface area contributed by atoms with Crippen molar-refractivity contribution < 1.29 is 40.3 Å². The van der Waals surface area contributed by atoms with Crippen LogP contribution in [-0.4, -0.2) is 37.8 Å². The van der Waals surface area contributed by atoms with E-state index in [9.17, 15) is 31.5 Å². The first kappa shape index (κ1) is 32.4. The van der Waals surface area contributed by atoms with Crippen molar-refractivity contribution in [3.05, 3.63) is 93.4 Å². The molecule has 4 heterocycles. The molecule has 2 saturated carbocycles. The number of pyridine rings is 1. The first-order valence-corrected chi connectivity index (χ1v) is 17.8. The van der Waals surface area contributed by atoms with Gasteiger partial charge in [-0.15, -0.1) is 11.3 Å². The summed E-state index contributed by atoms with van der Waals surface area (Å²) in [6, 6.07) is 8.53. The fourth-order valence-electron chi connectivity index (χ4n) is 7.98. The number of halogens is 7. The molecule has 0 bridgehead atoms. The smallest absolute Gasteiger partial charge is 0.348 e. The molecule has 1 aliphatic heterocycles. The van der Waals surface area contributed by atoms with E-state index in [1.165, 1.54) is 23.1 Å². The molecule has 2 aromatic carbocycles. The predicted octanol–water partition coefficient (Wildman–Crippen LogP) is 7.05. The SMILES string of the molecule is CSc1nc2nc([C@H](Cc3cc(F)cc(F)c3)NC(=O)Cn3nc(C(F)(F)F)c4c3C(F)(F)C35CC43C5)c(-c3ccc4c(c3)C(=O)NC4)cc2s1. The summed E-state index contributed by atoms with van der Waals surface area (Å²) in [5.41, 5.74) is -3.00. The van der Waals surface area contributed by atoms with Gasteiger partial charge in [0, 0.05) is 34.7 Å². The Balaban J connectivity index is 1.15. The molecule has 2 amide bonds. The van der Waals surface area contributed by atoms with Crippen molar-refractivity contribution in [2.24, 2.45) is 5.41 Å². The van der Waals surface area contributed by atoms with E-state index < -0.39 is 70.0 Å². The van der Waals surface area contributed by atoms with Crippen molar-refractivity contribution in [2.75, 3.05) is 6.26 Å². The third kappa shape index (κ3) is 4.69. The number of thiazole rings is 1. The van der Waals surface area contributed by atoms with Crippen molar-refractivity contribution in [3.63, 3.8) is 0 Å². The second-order valence-electron chi connectivity index (χ2n) is 13.4. The predicted molar refractivity (Wildman–Crippen MR) is 171 cm³/mol. The summed E-state index contributed by atoms with van der Waals surface area (Å²) in [6.07, 6.45) is -3.59. The molecule has 2 N–H and O–H groups in total. The second-order valence-corrected chi connectivity index (χ2v) is 15.5. The molecule has 0 spiro atoms. The molecule has 17 heteroatoms. The van der Waals surface area contributed by atoms with Gasteiger partial charge >= 0.3 is 6.18 Å². The number of nitrogens with zero attached hydrogens (tertiary/aromatic N) is 4. The molecule has 1 atom stereocenters. The number of rotatable bonds is 8. The molecule has 8 nitrogen and oxygen atoms in total. The summed E-state index contributed by atoms with van der Waals surface area (Å²) in [5, 5.41) is 8.96. The summed E-state index contributed by atoms with van der Waals surface area (Å²) in [7, 11) is 0. The molecule has 3 aromatic heterocycles. The van der Waals surface area contributed by atoms with Crippen molar-refractivity contribution in [3.8, 4) is 11.1 Å². The van der Waals surface area contributed by atoms with E-state index >= 15 is 8.78 Å². The maximum absolute atomic E-state index is 15.7. The lowest BCUT2D eigenvalue weighted by atomic mass is 9.93. The number of hydrogen-bond donors (Lipinski definition) is 2. The van der Waals surface area contributed by atoms with Gasteiger partial charge in [0.1, 0.15) is 23.9 Å². The zero-order valence-electron chi connectivity index (χ0n) is 26.2. The van der Waals surface area contributed by atoms with Crippen LogP contribution in [0, 0.1) is 17.0 Å². The van der Waals surface area contributed by atoms with Crippen LogP contribution in [-0.2, 0) is 41.8 Å². The lowest BCUT2D eigenvalue weighted by Gasteiger charge is -2.24. The average Bonchev–Trinajstić information content (AvgIpc) is 3.55. The number of alkyl halides is 5. The highest BCUT2D eigenvalue weighted by Gasteiger charge is 2.98. The number of benzene rings is 2. The quantitative estimate of drug-likeness (QED) is 0.131. The van der Waals surface area contributed by atoms with E-state index in [0.29, 0.717) is 48.7 Å². The minimum Gasteiger partial charge on any atom is -0.348 e. The van der Waals surface area contributed by atoms with Crippen LogP contribution in [0.15, 0.2) is 46.8 Å². The highest BCUT2D eigenvalue weighted by molar-refractivity contribution is 8.00. The zero-order valence-corrected chi connectivity index (χ0v) is 27.9. The van der Waals surface area contributed by atoms with Crippen molar-refractivity contribution >= 4 is 45.3 Å². The monoisotopic (exact) mass is 744 g/mol. The number of carbonyl (C=O) groups excluding carboxylic acids is 2. The van der Waals surface area contributed by atoms with Crippen molar-refractivity contribution in [2.45, 2.75) is 60.2 Å². The van der Waals surface area contributed by atoms with Gasteiger partial charge in [0.2, 0.25) is 5.91 Å². The van der Waals surface area contributed by atoms with E-state index in [2.05, 4.69) is 20.7 Å². The van der Waals surface area contributed by atoms with Crippen LogP contribution < -0.4 is 10.6 Å². The Morgan fingerprint density at radius 1 is 1.08 bits per heavy atom. The number of carbonyl (C=O) groups is 2. The van der Waals surface area contributed by atoms with Gasteiger partial charge in [-0.25, -0.2) is 18.7 Å². The third-order valence-electron chi connectivity index (χ3n) is 10.5. The first-order chi connectivity index (χ1) is 24.1. The minimum absolute atomic E-state index is 0.0661. The van der Waals surface area contributed by atoms with E-state index in [4.69, 9.17) is 4.98 Å². The molecule has 9 rings (SSSR count). The molecular weight excluding hydrogens is 722 g/mol. The molecule has 4 aliphatic rings. The van der Waals surface area contributed by atoms with Gasteiger partial charge in [-0.05, 0) is 66.5 Å². The summed E-state index contributed by atoms with van der Waals surface area (Å²) in [5.74, 6) is -6.67. The van der Waals surface area contributed by atoms with Gasteiger partial charge in [-0.2, -0.15) is 27.1 Å². The summed E-state index contributed by atoms with van der Waals surface area (Å²) in [4.78, 5) is 35.7. The first-order valence-electron chi connectivity index (χ1n) is 15.7. The standard InChI is InChI=1S/C34H23F7N6O2S2/c1-50-30-45-28-22(51-30)9-19(15-2-3-16-10-42-29(49)20(16)7-15)25(44-28)21(6-14-4-17(35)8-18(36)5-14)43-23(48)11-47-27-24(26(46-47)34(39,40)41)31-12-32(31,13-31)33(27,37)38/h2-5,7-9,21H,6,10-13H2,1H3,(H,42,49)(H,43,48)/t21-,31?,32?/m0/s1. The summed E-state index contributed by atoms with van der Waals surface area (Å²) in [6.45, 7) is -0.652. The number of hydrogen-bond acceptors (Lipinski definition) is 7. The van der Waals surface area contributed by atoms with Gasteiger partial charge in [0.25, 0.3) is 11.8 Å². The van der Waals surface area contributed by atoms with Crippen LogP contribution in [0.3, 0.4) is 0 Å². The Morgan fingerprint density at radius 2 is 1.82 bits per heavy atom. The normalized spacial score (nSPS) is 22.6. The third-order valence-corrected chi connectivity index (χ3v) is 12.4. The fourth-order valence-corrected chi connectivity index (χ4v) is 9.44. The van der Waals surface area contributed by atoms with Crippen LogP contribution in [0.4, 0.5) is 30.7 Å². The molecule has 0 unspecified atom stereocenters. The Bertz CT molecular complexity index is 2340. The molecule has 51 heavy (non-hydrogen) atoms. The highest BCUT2D eigenvalue weighted by atomic mass is 32.2. The van der Waals surface area contributed by atoms with E-state index in [-0.39, 0.29) is 36.4 Å². The minimum atomic E-state index is -5.02. The highest BCUT2D eigenvalue weighted by Crippen LogP contribution is 2.97. The van der Waals surface area contributed by atoms with Crippen LogP contribution in [0.2, 0.25) is 0 Å². The largest absolute Gasteiger partial charge is 0.435 e. The van der Waals surface area contributed by atoms with E-state index in [1.54, 1.807) is 24.3 Å². The lowest BCUT2D eigenvalue weighted by molar-refractivity contribution is -0.142. The number of aromatic nitrogens is 4. The number of nitrogens with one attached hydrogen (secondary N) is 2.